The summed E-state index contributed by atoms with van der Waals surface area (Å²) < 4.78 is 23.7. The van der Waals surface area contributed by atoms with Gasteiger partial charge in [0.15, 0.2) is 17.3 Å². The maximum Gasteiger partial charge on any atom is 0.211 e. The summed E-state index contributed by atoms with van der Waals surface area (Å²) in [5.74, 6) is 3.72. The summed E-state index contributed by atoms with van der Waals surface area (Å²) in [6.07, 6.45) is 0. The third kappa shape index (κ3) is 4.36. The highest BCUT2D eigenvalue weighted by Crippen LogP contribution is 2.41. The van der Waals surface area contributed by atoms with Crippen LogP contribution in [0.15, 0.2) is 46.5 Å². The van der Waals surface area contributed by atoms with Crippen molar-refractivity contribution in [3.05, 3.63) is 36.4 Å². The highest BCUT2D eigenvalue weighted by Gasteiger charge is 2.23. The minimum atomic E-state index is 0.525. The first-order valence-corrected chi connectivity index (χ1v) is 11.8. The molecule has 1 saturated heterocycles. The molecule has 34 heavy (non-hydrogen) atoms. The second kappa shape index (κ2) is 9.82. The van der Waals surface area contributed by atoms with Gasteiger partial charge in [-0.05, 0) is 36.4 Å². The van der Waals surface area contributed by atoms with Crippen molar-refractivity contribution in [3.63, 3.8) is 0 Å². The maximum atomic E-state index is 5.49. The monoisotopic (exact) mass is 482 g/mol. The molecule has 0 radical (unpaired) electrons. The summed E-state index contributed by atoms with van der Waals surface area (Å²) in [4.78, 5) is 7.13. The van der Waals surface area contributed by atoms with E-state index in [1.54, 1.807) is 33.1 Å². The van der Waals surface area contributed by atoms with Gasteiger partial charge in [0.05, 0.1) is 46.0 Å². The number of ether oxygens (including phenoxy) is 4. The van der Waals surface area contributed by atoms with Gasteiger partial charge in [0.25, 0.3) is 0 Å². The molecule has 0 spiro atoms. The van der Waals surface area contributed by atoms with Crippen LogP contribution in [0.2, 0.25) is 0 Å². The number of fused-ring (bicyclic) bond motifs is 1. The topological polar surface area (TPSA) is 95.3 Å². The number of amidine groups is 1. The fourth-order valence-electron chi connectivity index (χ4n) is 3.93. The van der Waals surface area contributed by atoms with Crippen LogP contribution < -0.4 is 24.5 Å². The molecule has 10 nitrogen and oxygen atoms in total. The van der Waals surface area contributed by atoms with Crippen LogP contribution in [0.3, 0.4) is 0 Å². The number of methoxy groups -OCH3 is 3. The third-order valence-corrected chi connectivity index (χ3v) is 6.57. The summed E-state index contributed by atoms with van der Waals surface area (Å²) in [6.45, 7) is 3.35. The number of benzene rings is 2. The van der Waals surface area contributed by atoms with Crippen molar-refractivity contribution in [1.29, 1.82) is 0 Å². The van der Waals surface area contributed by atoms with Gasteiger partial charge in [0.1, 0.15) is 5.84 Å². The minimum absolute atomic E-state index is 0.525. The van der Waals surface area contributed by atoms with E-state index in [1.165, 1.54) is 5.69 Å². The lowest BCUT2D eigenvalue weighted by atomic mass is 10.1. The number of aromatic nitrogens is 3. The molecule has 1 aromatic heterocycles. The van der Waals surface area contributed by atoms with Crippen molar-refractivity contribution in [1.82, 2.24) is 14.9 Å². The number of hydrogen-bond acceptors (Lipinski definition) is 9. The van der Waals surface area contributed by atoms with Crippen LogP contribution in [0.25, 0.3) is 11.4 Å². The molecule has 2 aliphatic rings. The molecule has 0 unspecified atom stereocenters. The molecule has 3 heterocycles. The Hall–Kier alpha value is -3.44. The van der Waals surface area contributed by atoms with Gasteiger partial charge >= 0.3 is 0 Å². The van der Waals surface area contributed by atoms with E-state index in [9.17, 15) is 0 Å². The number of aliphatic imine (C=N–C) groups is 1. The highest BCUT2D eigenvalue weighted by molar-refractivity contribution is 7.99. The van der Waals surface area contributed by atoms with Crippen molar-refractivity contribution in [2.24, 2.45) is 4.99 Å². The van der Waals surface area contributed by atoms with Crippen LogP contribution in [0.5, 0.6) is 17.2 Å². The van der Waals surface area contributed by atoms with E-state index >= 15 is 0 Å². The Morgan fingerprint density at radius 3 is 2.32 bits per heavy atom. The SMILES string of the molecule is COc1cc(-c2nnc3n2NC(=Nc2ccc(N4CCOCC4)cc2)CS3)cc(OC)c1OC. The summed E-state index contributed by atoms with van der Waals surface area (Å²) in [6, 6.07) is 12.0. The smallest absolute Gasteiger partial charge is 0.211 e. The van der Waals surface area contributed by atoms with E-state index in [2.05, 4.69) is 32.7 Å². The number of anilines is 1. The van der Waals surface area contributed by atoms with Gasteiger partial charge in [-0.15, -0.1) is 10.2 Å². The molecule has 2 aromatic carbocycles. The molecule has 0 aliphatic carbocycles. The van der Waals surface area contributed by atoms with Crippen molar-refractivity contribution in [2.45, 2.75) is 5.16 Å². The van der Waals surface area contributed by atoms with E-state index < -0.39 is 0 Å². The molecule has 0 atom stereocenters. The fraction of sp³-hybridized carbons (Fsp3) is 0.348. The van der Waals surface area contributed by atoms with E-state index in [-0.39, 0.29) is 0 Å². The van der Waals surface area contributed by atoms with Crippen molar-refractivity contribution in [2.75, 3.05) is 63.7 Å². The van der Waals surface area contributed by atoms with E-state index in [4.69, 9.17) is 23.9 Å². The second-order valence-electron chi connectivity index (χ2n) is 7.63. The summed E-state index contributed by atoms with van der Waals surface area (Å²) in [7, 11) is 4.75. The lowest BCUT2D eigenvalue weighted by Gasteiger charge is -2.28. The predicted octanol–water partition coefficient (Wildman–Crippen LogP) is 3.19. The Balaban J connectivity index is 1.40. The fourth-order valence-corrected chi connectivity index (χ4v) is 4.68. The van der Waals surface area contributed by atoms with Crippen molar-refractivity contribution < 1.29 is 18.9 Å². The lowest BCUT2D eigenvalue weighted by Crippen LogP contribution is -2.36. The van der Waals surface area contributed by atoms with Gasteiger partial charge < -0.3 is 23.8 Å². The first-order valence-electron chi connectivity index (χ1n) is 10.9. The number of rotatable bonds is 6. The summed E-state index contributed by atoms with van der Waals surface area (Å²) >= 11 is 1.57. The van der Waals surface area contributed by atoms with E-state index in [0.29, 0.717) is 28.8 Å². The molecule has 5 rings (SSSR count). The Morgan fingerprint density at radius 1 is 0.971 bits per heavy atom. The quantitative estimate of drug-likeness (QED) is 0.568. The van der Waals surface area contributed by atoms with Crippen LogP contribution >= 0.6 is 11.8 Å². The first-order chi connectivity index (χ1) is 16.7. The van der Waals surface area contributed by atoms with E-state index in [0.717, 1.165) is 48.5 Å². The van der Waals surface area contributed by atoms with E-state index in [1.807, 2.05) is 28.9 Å². The molecule has 0 saturated carbocycles. The largest absolute Gasteiger partial charge is 0.493 e. The van der Waals surface area contributed by atoms with Crippen LogP contribution in [0.1, 0.15) is 0 Å². The Morgan fingerprint density at radius 2 is 1.68 bits per heavy atom. The molecule has 0 amide bonds. The minimum Gasteiger partial charge on any atom is -0.493 e. The van der Waals surface area contributed by atoms with Gasteiger partial charge in [0, 0.05) is 24.3 Å². The van der Waals surface area contributed by atoms with Crippen LogP contribution in [-0.2, 0) is 4.74 Å². The third-order valence-electron chi connectivity index (χ3n) is 5.63. The molecule has 3 aromatic rings. The van der Waals surface area contributed by atoms with Gasteiger partial charge in [-0.1, -0.05) is 11.8 Å². The van der Waals surface area contributed by atoms with Gasteiger partial charge in [-0.25, -0.2) is 9.67 Å². The zero-order valence-electron chi connectivity index (χ0n) is 19.3. The lowest BCUT2D eigenvalue weighted by molar-refractivity contribution is 0.122. The van der Waals surface area contributed by atoms with Gasteiger partial charge in [-0.3, -0.25) is 5.43 Å². The number of hydrogen-bond donors (Lipinski definition) is 1. The number of thioether (sulfide) groups is 1. The predicted molar refractivity (Wildman–Crippen MR) is 132 cm³/mol. The Bertz CT molecular complexity index is 1170. The standard InChI is InChI=1S/C23H26N6O4S/c1-30-18-12-15(13-19(31-2)21(18)32-3)22-25-26-23-29(22)27-20(14-34-23)24-16-4-6-17(7-5-16)28-8-10-33-11-9-28/h4-7,12-13H,8-11,14H2,1-3H3,(H,24,27). The number of morpholine rings is 1. The Kier molecular flexibility index (Phi) is 6.45. The van der Waals surface area contributed by atoms with Gasteiger partial charge in [0.2, 0.25) is 10.9 Å². The van der Waals surface area contributed by atoms with Crippen LogP contribution in [-0.4, -0.2) is 74.1 Å². The van der Waals surface area contributed by atoms with Crippen LogP contribution in [0, 0.1) is 0 Å². The van der Waals surface area contributed by atoms with Gasteiger partial charge in [-0.2, -0.15) is 0 Å². The maximum absolute atomic E-state index is 5.49. The molecule has 1 fully saturated rings. The zero-order valence-corrected chi connectivity index (χ0v) is 20.1. The molecule has 178 valence electrons. The molecule has 0 bridgehead atoms. The normalized spacial score (nSPS) is 16.7. The first kappa shape index (κ1) is 22.4. The summed E-state index contributed by atoms with van der Waals surface area (Å²) in [5.41, 5.74) is 6.20. The van der Waals surface area contributed by atoms with Crippen LogP contribution in [0.4, 0.5) is 11.4 Å². The molecular formula is C23H26N6O4S. The van der Waals surface area contributed by atoms with Crippen molar-refractivity contribution in [3.8, 4) is 28.6 Å². The Labute approximate surface area is 201 Å². The average molecular weight is 483 g/mol. The molecule has 11 heteroatoms. The molecule has 1 N–H and O–H groups in total. The number of nitrogens with one attached hydrogen (secondary N) is 1. The highest BCUT2D eigenvalue weighted by atomic mass is 32.2. The second-order valence-corrected chi connectivity index (χ2v) is 8.57. The molecule has 2 aliphatic heterocycles. The molecular weight excluding hydrogens is 456 g/mol. The number of nitrogens with zero attached hydrogens (tertiary/aromatic N) is 5. The summed E-state index contributed by atoms with van der Waals surface area (Å²) in [5, 5.41) is 9.46. The average Bonchev–Trinajstić information content (AvgIpc) is 3.32. The van der Waals surface area contributed by atoms with Crippen molar-refractivity contribution >= 4 is 29.0 Å². The zero-order chi connectivity index (χ0) is 23.5.